The quantitative estimate of drug-likeness (QED) is 0.656. The van der Waals surface area contributed by atoms with Crippen molar-refractivity contribution < 1.29 is 28.8 Å². The number of H-pyrrole nitrogens is 1. The predicted octanol–water partition coefficient (Wildman–Crippen LogP) is 1.73. The molecule has 0 atom stereocenters. The molecule has 0 radical (unpaired) electrons. The van der Waals surface area contributed by atoms with Gasteiger partial charge in [-0.05, 0) is 32.9 Å². The molecule has 1 aliphatic heterocycles. The number of amides is 2. The second-order valence-electron chi connectivity index (χ2n) is 6.50. The predicted molar refractivity (Wildman–Crippen MR) is 86.1 cm³/mol. The number of nitrogens with zero attached hydrogens (tertiary/aromatic N) is 2. The molecule has 0 saturated heterocycles. The van der Waals surface area contributed by atoms with E-state index >= 15 is 0 Å². The third-order valence-electron chi connectivity index (χ3n) is 3.34. The highest BCUT2D eigenvalue weighted by Crippen LogP contribution is 2.23. The van der Waals surface area contributed by atoms with Gasteiger partial charge >= 0.3 is 11.9 Å². The summed E-state index contributed by atoms with van der Waals surface area (Å²) in [5.74, 6) is -3.26. The second kappa shape index (κ2) is 6.10. The molecule has 1 aliphatic rings. The summed E-state index contributed by atoms with van der Waals surface area (Å²) < 4.78 is 5.15. The Labute approximate surface area is 147 Å². The molecule has 3 rings (SSSR count). The Bertz CT molecular complexity index is 890. The summed E-state index contributed by atoms with van der Waals surface area (Å²) in [6, 6.07) is 7.22. The average Bonchev–Trinajstić information content (AvgIpc) is 3.14. The maximum absolute atomic E-state index is 12.2. The fourth-order valence-electron chi connectivity index (χ4n) is 2.24. The number of imide groups is 1. The van der Waals surface area contributed by atoms with Gasteiger partial charge in [-0.2, -0.15) is 5.10 Å². The number of hydrogen-bond acceptors (Lipinski definition) is 7. The van der Waals surface area contributed by atoms with Crippen molar-refractivity contribution >= 4 is 23.8 Å². The number of benzene rings is 1. The molecule has 26 heavy (non-hydrogen) atoms. The molecule has 134 valence electrons. The van der Waals surface area contributed by atoms with Crippen molar-refractivity contribution in [3.63, 3.8) is 0 Å². The SMILES string of the molecule is CC(C)(C)OC(=O)c1cc(C(=O)ON2C(=O)c3ccccc3C2=O)n[nH]1. The molecule has 2 aromatic rings. The summed E-state index contributed by atoms with van der Waals surface area (Å²) in [5.41, 5.74) is -0.775. The molecule has 0 unspecified atom stereocenters. The molecule has 1 aromatic carbocycles. The van der Waals surface area contributed by atoms with Crippen molar-refractivity contribution in [3.05, 3.63) is 52.8 Å². The highest BCUT2D eigenvalue weighted by Gasteiger charge is 2.39. The molecule has 0 spiro atoms. The van der Waals surface area contributed by atoms with Crippen LogP contribution < -0.4 is 0 Å². The van der Waals surface area contributed by atoms with E-state index in [9.17, 15) is 19.2 Å². The zero-order valence-corrected chi connectivity index (χ0v) is 14.2. The number of aromatic amines is 1. The number of ether oxygens (including phenoxy) is 1. The van der Waals surface area contributed by atoms with Crippen LogP contribution in [-0.4, -0.2) is 44.6 Å². The van der Waals surface area contributed by atoms with Gasteiger partial charge in [-0.25, -0.2) is 9.59 Å². The van der Waals surface area contributed by atoms with Gasteiger partial charge in [0, 0.05) is 6.07 Å². The van der Waals surface area contributed by atoms with Crippen molar-refractivity contribution in [2.75, 3.05) is 0 Å². The van der Waals surface area contributed by atoms with E-state index in [1.165, 1.54) is 12.1 Å². The highest BCUT2D eigenvalue weighted by molar-refractivity contribution is 6.21. The van der Waals surface area contributed by atoms with Crippen LogP contribution in [0.2, 0.25) is 0 Å². The summed E-state index contributed by atoms with van der Waals surface area (Å²) in [5, 5.41) is 6.39. The fourth-order valence-corrected chi connectivity index (χ4v) is 2.24. The summed E-state index contributed by atoms with van der Waals surface area (Å²) in [4.78, 5) is 53.3. The maximum Gasteiger partial charge on any atom is 0.384 e. The minimum atomic E-state index is -1.06. The first-order chi connectivity index (χ1) is 12.2. The van der Waals surface area contributed by atoms with Crippen LogP contribution in [0.15, 0.2) is 30.3 Å². The Morgan fingerprint density at radius 3 is 2.15 bits per heavy atom. The molecular formula is C17H15N3O6. The van der Waals surface area contributed by atoms with E-state index in [0.717, 1.165) is 6.07 Å². The summed E-state index contributed by atoms with van der Waals surface area (Å²) in [7, 11) is 0. The zero-order chi connectivity index (χ0) is 19.1. The normalized spacial score (nSPS) is 13.6. The number of carbonyl (C=O) groups excluding carboxylic acids is 4. The van der Waals surface area contributed by atoms with Gasteiger partial charge in [0.1, 0.15) is 11.3 Å². The Kier molecular flexibility index (Phi) is 4.07. The molecular weight excluding hydrogens is 342 g/mol. The summed E-state index contributed by atoms with van der Waals surface area (Å²) >= 11 is 0. The van der Waals surface area contributed by atoms with Crippen LogP contribution >= 0.6 is 0 Å². The minimum absolute atomic E-state index is 0.0609. The Balaban J connectivity index is 1.73. The van der Waals surface area contributed by atoms with Gasteiger partial charge in [-0.3, -0.25) is 14.7 Å². The van der Waals surface area contributed by atoms with E-state index in [-0.39, 0.29) is 22.5 Å². The number of esters is 1. The molecule has 1 aromatic heterocycles. The number of carbonyl (C=O) groups is 4. The first-order valence-corrected chi connectivity index (χ1v) is 7.66. The van der Waals surface area contributed by atoms with Crippen LogP contribution in [0.4, 0.5) is 0 Å². The molecule has 0 aliphatic carbocycles. The van der Waals surface area contributed by atoms with Gasteiger partial charge in [-0.15, -0.1) is 0 Å². The third-order valence-corrected chi connectivity index (χ3v) is 3.34. The Morgan fingerprint density at radius 1 is 1.04 bits per heavy atom. The van der Waals surface area contributed by atoms with E-state index in [4.69, 9.17) is 9.57 Å². The van der Waals surface area contributed by atoms with Crippen LogP contribution in [0.1, 0.15) is 62.5 Å². The molecule has 2 amide bonds. The summed E-state index contributed by atoms with van der Waals surface area (Å²) in [6.07, 6.45) is 0. The molecule has 9 nitrogen and oxygen atoms in total. The average molecular weight is 357 g/mol. The lowest BCUT2D eigenvalue weighted by Crippen LogP contribution is -2.32. The Hall–Kier alpha value is -3.49. The molecule has 0 bridgehead atoms. The zero-order valence-electron chi connectivity index (χ0n) is 14.2. The van der Waals surface area contributed by atoms with Crippen LogP contribution in [0.3, 0.4) is 0 Å². The molecule has 1 N–H and O–H groups in total. The Morgan fingerprint density at radius 2 is 1.62 bits per heavy atom. The van der Waals surface area contributed by atoms with Crippen molar-refractivity contribution in [1.82, 2.24) is 15.3 Å². The van der Waals surface area contributed by atoms with Crippen molar-refractivity contribution in [2.45, 2.75) is 26.4 Å². The molecule has 0 saturated carbocycles. The monoisotopic (exact) mass is 357 g/mol. The van der Waals surface area contributed by atoms with E-state index in [0.29, 0.717) is 5.06 Å². The number of fused-ring (bicyclic) bond motifs is 1. The van der Waals surface area contributed by atoms with Crippen molar-refractivity contribution in [1.29, 1.82) is 0 Å². The molecule has 9 heteroatoms. The minimum Gasteiger partial charge on any atom is -0.455 e. The molecule has 0 fully saturated rings. The van der Waals surface area contributed by atoms with Gasteiger partial charge in [-0.1, -0.05) is 17.2 Å². The number of hydrogen-bond donors (Lipinski definition) is 1. The first-order valence-electron chi connectivity index (χ1n) is 7.66. The van der Waals surface area contributed by atoms with Gasteiger partial charge in [0.25, 0.3) is 11.8 Å². The largest absolute Gasteiger partial charge is 0.455 e. The van der Waals surface area contributed by atoms with Crippen molar-refractivity contribution in [3.8, 4) is 0 Å². The van der Waals surface area contributed by atoms with Crippen LogP contribution in [0.25, 0.3) is 0 Å². The third kappa shape index (κ3) is 3.18. The van der Waals surface area contributed by atoms with Gasteiger partial charge < -0.3 is 9.57 Å². The van der Waals surface area contributed by atoms with E-state index < -0.39 is 29.4 Å². The highest BCUT2D eigenvalue weighted by atomic mass is 16.7. The van der Waals surface area contributed by atoms with E-state index in [1.54, 1.807) is 32.9 Å². The van der Waals surface area contributed by atoms with E-state index in [2.05, 4.69) is 10.2 Å². The van der Waals surface area contributed by atoms with Gasteiger partial charge in [0.2, 0.25) is 0 Å². The topological polar surface area (TPSA) is 119 Å². The van der Waals surface area contributed by atoms with Gasteiger partial charge in [0.05, 0.1) is 11.1 Å². The standard InChI is InChI=1S/C17H15N3O6/c1-17(2,3)25-15(23)11-8-12(19-18-11)16(24)26-20-13(21)9-6-4-5-7-10(9)14(20)22/h4-8H,1-3H3,(H,18,19). The van der Waals surface area contributed by atoms with Crippen LogP contribution in [0.5, 0.6) is 0 Å². The number of nitrogens with one attached hydrogen (secondary N) is 1. The van der Waals surface area contributed by atoms with Crippen LogP contribution in [0, 0.1) is 0 Å². The van der Waals surface area contributed by atoms with Gasteiger partial charge in [0.15, 0.2) is 5.69 Å². The van der Waals surface area contributed by atoms with Crippen molar-refractivity contribution in [2.24, 2.45) is 0 Å². The first kappa shape index (κ1) is 17.3. The van der Waals surface area contributed by atoms with E-state index in [1.807, 2.05) is 0 Å². The lowest BCUT2D eigenvalue weighted by atomic mass is 10.1. The van der Waals surface area contributed by atoms with Crippen LogP contribution in [-0.2, 0) is 9.57 Å². The number of aromatic nitrogens is 2. The fraction of sp³-hybridized carbons (Fsp3) is 0.235. The maximum atomic E-state index is 12.2. The lowest BCUT2D eigenvalue weighted by molar-refractivity contribution is -0.0588. The lowest BCUT2D eigenvalue weighted by Gasteiger charge is -2.18. The number of hydroxylamine groups is 2. The summed E-state index contributed by atoms with van der Waals surface area (Å²) in [6.45, 7) is 5.08. The second-order valence-corrected chi connectivity index (χ2v) is 6.50. The molecule has 2 heterocycles. The number of rotatable bonds is 3. The smallest absolute Gasteiger partial charge is 0.384 e.